The lowest BCUT2D eigenvalue weighted by molar-refractivity contribution is 0.397. The molecule has 0 radical (unpaired) electrons. The van der Waals surface area contributed by atoms with Gasteiger partial charge in [-0.25, -0.2) is 0 Å². The monoisotopic (exact) mass is 349 g/mol. The fraction of sp³-hybridized carbons (Fsp3) is 0.231. The van der Waals surface area contributed by atoms with Gasteiger partial charge in [-0.15, -0.1) is 10.2 Å². The zero-order valence-corrected chi connectivity index (χ0v) is 13.7. The number of benzene rings is 1. The molecule has 2 rings (SSSR count). The van der Waals surface area contributed by atoms with Gasteiger partial charge in [0.2, 0.25) is 5.82 Å². The van der Waals surface area contributed by atoms with Crippen molar-refractivity contribution in [1.82, 2.24) is 25.5 Å². The Bertz CT molecular complexity index is 883. The number of hydrogen-bond donors (Lipinski definition) is 3. The van der Waals surface area contributed by atoms with E-state index in [1.165, 1.54) is 12.3 Å². The number of rotatable bonds is 6. The predicted octanol–water partition coefficient (Wildman–Crippen LogP) is 0.485. The summed E-state index contributed by atoms with van der Waals surface area (Å²) in [6, 6.07) is 6.40. The zero-order valence-electron chi connectivity index (χ0n) is 12.9. The van der Waals surface area contributed by atoms with E-state index in [-0.39, 0.29) is 16.3 Å². The number of aromatic amines is 1. The quantitative estimate of drug-likeness (QED) is 0.500. The molecule has 0 aliphatic heterocycles. The molecule has 11 heteroatoms. The molecular weight excluding hydrogens is 334 g/mol. The van der Waals surface area contributed by atoms with Crippen LogP contribution < -0.4 is 5.32 Å². The van der Waals surface area contributed by atoms with Crippen LogP contribution in [-0.4, -0.2) is 52.6 Å². The number of aromatic nitrogens is 4. The van der Waals surface area contributed by atoms with E-state index in [2.05, 4.69) is 25.9 Å². The van der Waals surface area contributed by atoms with E-state index in [0.29, 0.717) is 17.8 Å². The minimum absolute atomic E-state index is 0.101. The summed E-state index contributed by atoms with van der Waals surface area (Å²) in [6.07, 6.45) is 1.32. The Morgan fingerprint density at radius 3 is 2.79 bits per heavy atom. The fourth-order valence-electron chi connectivity index (χ4n) is 1.93. The lowest BCUT2D eigenvalue weighted by atomic mass is 10.2. The minimum Gasteiger partial charge on any atom is -0.360 e. The van der Waals surface area contributed by atoms with E-state index in [1.807, 2.05) is 6.07 Å². The van der Waals surface area contributed by atoms with Gasteiger partial charge in [-0.2, -0.15) is 18.9 Å². The second kappa shape index (κ2) is 7.18. The first-order valence-corrected chi connectivity index (χ1v) is 8.11. The molecule has 0 aliphatic carbocycles. The third kappa shape index (κ3) is 4.35. The summed E-state index contributed by atoms with van der Waals surface area (Å²) in [7, 11) is -0.812. The summed E-state index contributed by atoms with van der Waals surface area (Å²) in [5.41, 5.74) is 0.937. The van der Waals surface area contributed by atoms with Crippen LogP contribution in [0.5, 0.6) is 0 Å². The first-order chi connectivity index (χ1) is 11.3. The molecule has 2 aromatic rings. The maximum absolute atomic E-state index is 11.6. The van der Waals surface area contributed by atoms with Crippen LogP contribution in [0.1, 0.15) is 11.4 Å². The first kappa shape index (κ1) is 17.5. The maximum Gasteiger partial charge on any atom is 0.294 e. The van der Waals surface area contributed by atoms with Crippen LogP contribution in [0.15, 0.2) is 29.3 Å². The Hall–Kier alpha value is -2.81. The van der Waals surface area contributed by atoms with Crippen molar-refractivity contribution < 1.29 is 13.0 Å². The summed E-state index contributed by atoms with van der Waals surface area (Å²) >= 11 is 0. The molecule has 0 atom stereocenters. The highest BCUT2D eigenvalue weighted by molar-refractivity contribution is 7.85. The third-order valence-electron chi connectivity index (χ3n) is 2.92. The molecule has 1 heterocycles. The van der Waals surface area contributed by atoms with Crippen molar-refractivity contribution in [3.8, 4) is 6.07 Å². The molecule has 0 saturated carbocycles. The lowest BCUT2D eigenvalue weighted by Crippen LogP contribution is -2.14. The molecule has 0 bridgehead atoms. The standard InChI is InChI=1S/C13H15N7O3S/c1-20(2)8-9-3-4-11(5-12(9)24(21,22)23)15-7-10(6-14)13-16-18-19-17-13/h3-5,7,15H,8H2,1-2H3,(H,21,22,23)(H,16,17,18,19). The van der Waals surface area contributed by atoms with E-state index in [4.69, 9.17) is 5.26 Å². The molecule has 0 aliphatic rings. The van der Waals surface area contributed by atoms with E-state index < -0.39 is 10.1 Å². The molecule has 1 aromatic heterocycles. The van der Waals surface area contributed by atoms with Gasteiger partial charge in [0.05, 0.1) is 0 Å². The van der Waals surface area contributed by atoms with Crippen LogP contribution >= 0.6 is 0 Å². The Morgan fingerprint density at radius 2 is 2.25 bits per heavy atom. The number of tetrazole rings is 1. The van der Waals surface area contributed by atoms with Gasteiger partial charge in [-0.1, -0.05) is 6.07 Å². The van der Waals surface area contributed by atoms with Gasteiger partial charge in [-0.3, -0.25) is 4.55 Å². The second-order valence-corrected chi connectivity index (χ2v) is 6.47. The summed E-state index contributed by atoms with van der Waals surface area (Å²) in [5, 5.41) is 24.8. The molecule has 3 N–H and O–H groups in total. The van der Waals surface area contributed by atoms with Crippen molar-refractivity contribution in [2.45, 2.75) is 11.4 Å². The number of nitrogens with zero attached hydrogens (tertiary/aromatic N) is 5. The minimum atomic E-state index is -4.38. The van der Waals surface area contributed by atoms with Crippen LogP contribution in [0, 0.1) is 11.3 Å². The van der Waals surface area contributed by atoms with Crippen LogP contribution in [0.4, 0.5) is 5.69 Å². The van der Waals surface area contributed by atoms with Crippen molar-refractivity contribution >= 4 is 21.4 Å². The van der Waals surface area contributed by atoms with Crippen LogP contribution in [0.3, 0.4) is 0 Å². The molecule has 126 valence electrons. The Morgan fingerprint density at radius 1 is 1.50 bits per heavy atom. The van der Waals surface area contributed by atoms with Gasteiger partial charge in [0, 0.05) is 18.4 Å². The number of H-pyrrole nitrogens is 1. The predicted molar refractivity (Wildman–Crippen MR) is 85.0 cm³/mol. The zero-order chi connectivity index (χ0) is 17.7. The highest BCUT2D eigenvalue weighted by Crippen LogP contribution is 2.22. The average molecular weight is 349 g/mol. The smallest absolute Gasteiger partial charge is 0.294 e. The number of nitriles is 1. The van der Waals surface area contributed by atoms with E-state index in [9.17, 15) is 13.0 Å². The van der Waals surface area contributed by atoms with Gasteiger partial charge in [0.25, 0.3) is 10.1 Å². The second-order valence-electron chi connectivity index (χ2n) is 5.08. The van der Waals surface area contributed by atoms with Gasteiger partial charge >= 0.3 is 0 Å². The summed E-state index contributed by atoms with van der Waals surface area (Å²) in [5.74, 6) is 0.101. The highest BCUT2D eigenvalue weighted by Gasteiger charge is 2.16. The van der Waals surface area contributed by atoms with Crippen molar-refractivity contribution in [1.29, 1.82) is 5.26 Å². The SMILES string of the molecule is CN(C)Cc1ccc(NC=C(C#N)c2nn[nH]n2)cc1S(=O)(=O)O. The molecule has 1 aromatic carbocycles. The summed E-state index contributed by atoms with van der Waals surface area (Å²) in [4.78, 5) is 1.58. The van der Waals surface area contributed by atoms with Crippen molar-refractivity contribution in [2.75, 3.05) is 19.4 Å². The molecule has 0 saturated heterocycles. The first-order valence-electron chi connectivity index (χ1n) is 6.67. The van der Waals surface area contributed by atoms with Gasteiger partial charge in [0.15, 0.2) is 0 Å². The summed E-state index contributed by atoms with van der Waals surface area (Å²) < 4.78 is 32.6. The van der Waals surface area contributed by atoms with Crippen LogP contribution in [-0.2, 0) is 16.7 Å². The van der Waals surface area contributed by atoms with E-state index in [1.54, 1.807) is 31.1 Å². The van der Waals surface area contributed by atoms with Crippen LogP contribution in [0.2, 0.25) is 0 Å². The maximum atomic E-state index is 11.6. The Balaban J connectivity index is 2.34. The normalized spacial score (nSPS) is 12.2. The number of nitrogens with one attached hydrogen (secondary N) is 2. The highest BCUT2D eigenvalue weighted by atomic mass is 32.2. The van der Waals surface area contributed by atoms with Gasteiger partial charge in [-0.05, 0) is 37.0 Å². The third-order valence-corrected chi connectivity index (χ3v) is 3.86. The molecule has 24 heavy (non-hydrogen) atoms. The lowest BCUT2D eigenvalue weighted by Gasteiger charge is -2.14. The number of hydrogen-bond acceptors (Lipinski definition) is 8. The molecule has 10 nitrogen and oxygen atoms in total. The number of anilines is 1. The molecule has 0 spiro atoms. The molecular formula is C13H15N7O3S. The molecule has 0 unspecified atom stereocenters. The van der Waals surface area contributed by atoms with Gasteiger partial charge < -0.3 is 10.2 Å². The summed E-state index contributed by atoms with van der Waals surface area (Å²) in [6.45, 7) is 0.345. The average Bonchev–Trinajstić information content (AvgIpc) is 3.01. The Kier molecular flexibility index (Phi) is 5.24. The van der Waals surface area contributed by atoms with Crippen molar-refractivity contribution in [3.63, 3.8) is 0 Å². The number of allylic oxidation sites excluding steroid dienone is 1. The van der Waals surface area contributed by atoms with Crippen LogP contribution in [0.25, 0.3) is 5.57 Å². The fourth-order valence-corrected chi connectivity index (χ4v) is 2.67. The van der Waals surface area contributed by atoms with Crippen molar-refractivity contribution in [3.05, 3.63) is 35.8 Å². The molecule has 0 amide bonds. The van der Waals surface area contributed by atoms with E-state index >= 15 is 0 Å². The Labute approximate surface area is 138 Å². The largest absolute Gasteiger partial charge is 0.360 e. The van der Waals surface area contributed by atoms with E-state index in [0.717, 1.165) is 0 Å². The molecule has 0 fully saturated rings. The van der Waals surface area contributed by atoms with Gasteiger partial charge in [0.1, 0.15) is 16.5 Å². The van der Waals surface area contributed by atoms with Crippen molar-refractivity contribution in [2.24, 2.45) is 0 Å². The topological polar surface area (TPSA) is 148 Å².